The van der Waals surface area contributed by atoms with Crippen LogP contribution in [0.15, 0.2) is 60.9 Å². The second-order valence-electron chi connectivity index (χ2n) is 12.4. The maximum atomic E-state index is 12.4. The molecule has 5 rings (SSSR count). The minimum absolute atomic E-state index is 0. The molecule has 4 aromatic rings. The van der Waals surface area contributed by atoms with Crippen LogP contribution in [0.1, 0.15) is 47.8 Å². The van der Waals surface area contributed by atoms with E-state index in [1.54, 1.807) is 35.0 Å². The number of H-pyrrole nitrogens is 1. The molecule has 1 aliphatic heterocycles. The summed E-state index contributed by atoms with van der Waals surface area (Å²) in [6.07, 6.45) is -1.42. The normalized spacial score (nSPS) is 21.4. The van der Waals surface area contributed by atoms with Crippen molar-refractivity contribution in [1.82, 2.24) is 30.6 Å². The van der Waals surface area contributed by atoms with E-state index in [1.807, 2.05) is 30.6 Å². The number of aliphatic carboxylic acids is 1. The first-order valence-electron chi connectivity index (χ1n) is 16.4. The van der Waals surface area contributed by atoms with E-state index in [0.29, 0.717) is 37.1 Å². The fraction of sp³-hybridized carbons (Fsp3) is 0.441. The van der Waals surface area contributed by atoms with Gasteiger partial charge in [-0.2, -0.15) is 0 Å². The molecule has 268 valence electrons. The molecular formula is C34H42N7NaO9. The fourth-order valence-electron chi connectivity index (χ4n) is 6.01. The van der Waals surface area contributed by atoms with Crippen LogP contribution in [0.5, 0.6) is 0 Å². The average molecular weight is 716 g/mol. The minimum atomic E-state index is -2.50. The zero-order chi connectivity index (χ0) is 35.8. The third-order valence-electron chi connectivity index (χ3n) is 8.64. The van der Waals surface area contributed by atoms with E-state index in [9.17, 15) is 34.8 Å². The molecule has 6 atom stereocenters. The number of nitrogens with one attached hydrogen (secondary N) is 3. The maximum absolute atomic E-state index is 12.4. The second-order valence-corrected chi connectivity index (χ2v) is 12.4. The molecule has 1 saturated heterocycles. The molecule has 2 aromatic carbocycles. The Hall–Kier alpha value is -3.87. The Bertz CT molecular complexity index is 1770. The predicted octanol–water partition coefficient (Wildman–Crippen LogP) is -3.82. The number of carboxylic acids is 1. The topological polar surface area (TPSA) is 250 Å². The number of unbranched alkanes of at least 4 members (excludes halogenated alkanes) is 1. The van der Waals surface area contributed by atoms with Gasteiger partial charge in [0.1, 0.15) is 18.2 Å². The van der Waals surface area contributed by atoms with Crippen LogP contribution in [-0.2, 0) is 38.4 Å². The summed E-state index contributed by atoms with van der Waals surface area (Å²) in [6, 6.07) is 12.6. The van der Waals surface area contributed by atoms with Crippen molar-refractivity contribution < 1.29 is 73.8 Å². The number of aryl methyl sites for hydroxylation is 3. The quantitative estimate of drug-likeness (QED) is 0.0335. The van der Waals surface area contributed by atoms with Crippen LogP contribution in [0.2, 0.25) is 0 Å². The van der Waals surface area contributed by atoms with E-state index < -0.39 is 67.0 Å². The third kappa shape index (κ3) is 10.1. The number of aromatic amines is 1. The number of hydrogen-bond donors (Lipinski definition) is 7. The van der Waals surface area contributed by atoms with E-state index in [1.165, 1.54) is 6.92 Å². The number of amides is 2. The molecule has 0 bridgehead atoms. The number of benzene rings is 2. The van der Waals surface area contributed by atoms with Gasteiger partial charge in [-0.3, -0.25) is 14.3 Å². The van der Waals surface area contributed by atoms with E-state index in [4.69, 9.17) is 15.2 Å². The molecule has 0 saturated carbocycles. The molecular weight excluding hydrogens is 673 g/mol. The Kier molecular flexibility index (Phi) is 14.1. The monoisotopic (exact) mass is 715 g/mol. The van der Waals surface area contributed by atoms with Gasteiger partial charge in [0.05, 0.1) is 30.6 Å². The molecule has 51 heavy (non-hydrogen) atoms. The molecule has 0 radical (unpaired) electrons. The average Bonchev–Trinajstić information content (AvgIpc) is 3.73. The van der Waals surface area contributed by atoms with Gasteiger partial charge < -0.3 is 56.0 Å². The summed E-state index contributed by atoms with van der Waals surface area (Å²) in [7, 11) is 0. The number of anilines is 1. The summed E-state index contributed by atoms with van der Waals surface area (Å²) in [4.78, 5) is 40.0. The number of ether oxygens (including phenoxy) is 2. The number of nitrogen functional groups attached to an aromatic ring is 1. The number of carbonyl (C=O) groups is 3. The van der Waals surface area contributed by atoms with Gasteiger partial charge in [-0.15, -0.1) is 5.10 Å². The zero-order valence-corrected chi connectivity index (χ0v) is 30.5. The molecule has 16 nitrogen and oxygen atoms in total. The Labute approximate surface area is 316 Å². The van der Waals surface area contributed by atoms with Crippen molar-refractivity contribution in [1.29, 1.82) is 0 Å². The molecule has 0 spiro atoms. The summed E-state index contributed by atoms with van der Waals surface area (Å²) in [5.41, 5.74) is 9.80. The largest absolute Gasteiger partial charge is 1.00 e. The molecule has 8 N–H and O–H groups in total. The maximum Gasteiger partial charge on any atom is 1.00 e. The van der Waals surface area contributed by atoms with Crippen LogP contribution < -0.4 is 51.0 Å². The van der Waals surface area contributed by atoms with Gasteiger partial charge in [0.15, 0.2) is 0 Å². The van der Waals surface area contributed by atoms with Crippen molar-refractivity contribution in [3.8, 4) is 0 Å². The van der Waals surface area contributed by atoms with Crippen molar-refractivity contribution >= 4 is 34.4 Å². The number of nitrogens with zero attached hydrogens (tertiary/aromatic N) is 3. The number of nitrogens with two attached hydrogens (primary N) is 1. The molecule has 1 fully saturated rings. The SMILES string of the molecule is CC(=O)N[C@H]1C([C@H](O)[C@H](O)CNC(=O)c2ccccc2)O[C@@](OCCCCc2cn(CCc3c[nH]c4ccc(N)cc34)nn2)(C(=O)[O-])C[C@@H]1O.[Na+]. The van der Waals surface area contributed by atoms with E-state index in [2.05, 4.69) is 25.9 Å². The van der Waals surface area contributed by atoms with Gasteiger partial charge in [-0.25, -0.2) is 0 Å². The van der Waals surface area contributed by atoms with Crippen LogP contribution >= 0.6 is 0 Å². The van der Waals surface area contributed by atoms with Crippen LogP contribution in [0.25, 0.3) is 10.9 Å². The number of rotatable bonds is 16. The molecule has 3 heterocycles. The van der Waals surface area contributed by atoms with Crippen molar-refractivity contribution in [3.63, 3.8) is 0 Å². The van der Waals surface area contributed by atoms with Gasteiger partial charge in [0.2, 0.25) is 11.7 Å². The Morgan fingerprint density at radius 3 is 2.67 bits per heavy atom. The van der Waals surface area contributed by atoms with E-state index in [-0.39, 0.29) is 36.2 Å². The Morgan fingerprint density at radius 2 is 1.94 bits per heavy atom. The number of carbonyl (C=O) groups excluding carboxylic acids is 3. The molecule has 1 unspecified atom stereocenters. The van der Waals surface area contributed by atoms with Gasteiger partial charge >= 0.3 is 29.6 Å². The van der Waals surface area contributed by atoms with Gasteiger partial charge in [-0.05, 0) is 61.6 Å². The van der Waals surface area contributed by atoms with Crippen LogP contribution in [0.3, 0.4) is 0 Å². The first-order chi connectivity index (χ1) is 24.0. The Balaban J connectivity index is 0.00000583. The fourth-order valence-corrected chi connectivity index (χ4v) is 6.01. The number of hydrogen-bond acceptors (Lipinski definition) is 12. The second kappa shape index (κ2) is 18.1. The van der Waals surface area contributed by atoms with E-state index >= 15 is 0 Å². The third-order valence-corrected chi connectivity index (χ3v) is 8.64. The summed E-state index contributed by atoms with van der Waals surface area (Å²) in [5, 5.41) is 59.5. The molecule has 1 aliphatic rings. The summed E-state index contributed by atoms with van der Waals surface area (Å²) in [6.45, 7) is 1.20. The van der Waals surface area contributed by atoms with Crippen LogP contribution in [-0.4, -0.2) is 102 Å². The smallest absolute Gasteiger partial charge is 0.544 e. The number of aromatic nitrogens is 4. The minimum Gasteiger partial charge on any atom is -0.544 e. The van der Waals surface area contributed by atoms with Crippen LogP contribution in [0.4, 0.5) is 5.69 Å². The molecule has 2 aromatic heterocycles. The summed E-state index contributed by atoms with van der Waals surface area (Å²) in [5.74, 6) is -5.42. The van der Waals surface area contributed by atoms with Crippen molar-refractivity contribution in [2.24, 2.45) is 0 Å². The number of fused-ring (bicyclic) bond motifs is 1. The molecule has 0 aliphatic carbocycles. The van der Waals surface area contributed by atoms with Crippen molar-refractivity contribution in [2.75, 3.05) is 18.9 Å². The van der Waals surface area contributed by atoms with Crippen molar-refractivity contribution in [3.05, 3.63) is 77.7 Å². The zero-order valence-electron chi connectivity index (χ0n) is 28.5. The van der Waals surface area contributed by atoms with E-state index in [0.717, 1.165) is 28.6 Å². The van der Waals surface area contributed by atoms with Gasteiger partial charge in [0, 0.05) is 61.0 Å². The van der Waals surface area contributed by atoms with Gasteiger partial charge in [-0.1, -0.05) is 23.4 Å². The summed E-state index contributed by atoms with van der Waals surface area (Å²) >= 11 is 0. The molecule has 2 amide bonds. The summed E-state index contributed by atoms with van der Waals surface area (Å²) < 4.78 is 13.2. The predicted molar refractivity (Wildman–Crippen MR) is 177 cm³/mol. The first kappa shape index (κ1) is 39.9. The van der Waals surface area contributed by atoms with Crippen molar-refractivity contribution in [2.45, 2.75) is 81.8 Å². The van der Waals surface area contributed by atoms with Crippen LogP contribution in [0, 0.1) is 0 Å². The molecule has 17 heteroatoms. The number of aliphatic hydroxyl groups excluding tert-OH is 3. The Morgan fingerprint density at radius 1 is 1.18 bits per heavy atom. The number of carboxylic acid groups (broad SMARTS) is 1. The standard InChI is InChI=1S/C34H43N7O9.Na/c1-20(42)38-29-27(43)16-34(33(47)48,50-31(29)30(45)28(44)18-37-32(46)21-7-3-2-4-8-21)49-14-6-5-9-24-19-41(40-39-24)13-12-22-17-36-26-11-10-23(35)15-25(22)26;/h2-4,7-8,10-11,15,17,19,27-31,36,43-45H,5-6,9,12-14,16,18,35H2,1H3,(H,37,46)(H,38,42)(H,47,48);/q;+1/p-1/t27-,28+,29+,30+,31?,34+;/m0./s1. The first-order valence-corrected chi connectivity index (χ1v) is 16.4. The van der Waals surface area contributed by atoms with Gasteiger partial charge in [0.25, 0.3) is 5.91 Å². The number of aliphatic hydroxyl groups is 3.